The van der Waals surface area contributed by atoms with Crippen molar-refractivity contribution in [3.05, 3.63) is 90.6 Å². The molecular formula is C21H17N2OP. The van der Waals surface area contributed by atoms with Crippen LogP contribution in [0.5, 0.6) is 0 Å². The molecule has 0 saturated heterocycles. The summed E-state index contributed by atoms with van der Waals surface area (Å²) in [5, 5.41) is 1.54. The highest BCUT2D eigenvalue weighted by Crippen LogP contribution is 2.42. The van der Waals surface area contributed by atoms with Crippen molar-refractivity contribution in [2.24, 2.45) is 0 Å². The Kier molecular flexibility index (Phi) is 3.95. The van der Waals surface area contributed by atoms with Gasteiger partial charge in [-0.2, -0.15) is 0 Å². The lowest BCUT2D eigenvalue weighted by molar-refractivity contribution is 0.592. The molecule has 3 nitrogen and oxygen atoms in total. The summed E-state index contributed by atoms with van der Waals surface area (Å²) in [4.78, 5) is 9.43. The quantitative estimate of drug-likeness (QED) is 0.534. The van der Waals surface area contributed by atoms with Gasteiger partial charge in [-0.05, 0) is 19.1 Å². The molecule has 0 atom stereocenters. The van der Waals surface area contributed by atoms with E-state index in [4.69, 9.17) is 4.98 Å². The van der Waals surface area contributed by atoms with Crippen molar-refractivity contribution < 1.29 is 4.57 Å². The van der Waals surface area contributed by atoms with Gasteiger partial charge in [0.2, 0.25) is 0 Å². The molecule has 0 N–H and O–H groups in total. The summed E-state index contributed by atoms with van der Waals surface area (Å²) in [6.07, 6.45) is 0. The highest BCUT2D eigenvalue weighted by molar-refractivity contribution is 7.85. The first-order valence-corrected chi connectivity index (χ1v) is 9.85. The van der Waals surface area contributed by atoms with Crippen LogP contribution in [0.1, 0.15) is 5.69 Å². The number of aryl methyl sites for hydroxylation is 1. The smallest absolute Gasteiger partial charge is 0.190 e. The van der Waals surface area contributed by atoms with Crippen LogP contribution in [0.4, 0.5) is 0 Å². The molecule has 0 aliphatic rings. The lowest BCUT2D eigenvalue weighted by Gasteiger charge is -2.20. The highest BCUT2D eigenvalue weighted by Gasteiger charge is 2.33. The summed E-state index contributed by atoms with van der Waals surface area (Å²) in [6, 6.07) is 26.8. The molecule has 1 heterocycles. The summed E-state index contributed by atoms with van der Waals surface area (Å²) in [6.45, 7) is 1.88. The van der Waals surface area contributed by atoms with E-state index in [-0.39, 0.29) is 0 Å². The van der Waals surface area contributed by atoms with E-state index in [1.165, 1.54) is 0 Å². The molecule has 0 aliphatic carbocycles. The minimum atomic E-state index is -3.09. The Labute approximate surface area is 146 Å². The largest absolute Gasteiger partial charge is 0.307 e. The number of benzene rings is 3. The van der Waals surface area contributed by atoms with Crippen molar-refractivity contribution in [3.8, 4) is 0 Å². The van der Waals surface area contributed by atoms with Gasteiger partial charge in [0.15, 0.2) is 7.14 Å². The number of rotatable bonds is 3. The molecule has 0 bridgehead atoms. The number of hydrogen-bond acceptors (Lipinski definition) is 3. The third-order valence-electron chi connectivity index (χ3n) is 4.26. The van der Waals surface area contributed by atoms with Crippen molar-refractivity contribution in [3.63, 3.8) is 0 Å². The Morgan fingerprint density at radius 3 is 1.60 bits per heavy atom. The van der Waals surface area contributed by atoms with Gasteiger partial charge in [0.1, 0.15) is 5.44 Å². The van der Waals surface area contributed by atoms with Gasteiger partial charge >= 0.3 is 0 Å². The van der Waals surface area contributed by atoms with Crippen LogP contribution in [0, 0.1) is 6.92 Å². The van der Waals surface area contributed by atoms with Crippen LogP contribution in [0.25, 0.3) is 11.0 Å². The molecule has 0 fully saturated rings. The third kappa shape index (κ3) is 2.67. The van der Waals surface area contributed by atoms with E-state index in [0.717, 1.165) is 21.6 Å². The fourth-order valence-corrected chi connectivity index (χ4v) is 5.77. The Morgan fingerprint density at radius 2 is 1.08 bits per heavy atom. The molecule has 4 rings (SSSR count). The summed E-state index contributed by atoms with van der Waals surface area (Å²) < 4.78 is 14.4. The van der Waals surface area contributed by atoms with Crippen LogP contribution < -0.4 is 16.0 Å². The minimum absolute atomic E-state index is 0.559. The van der Waals surface area contributed by atoms with Gasteiger partial charge in [-0.1, -0.05) is 72.8 Å². The first kappa shape index (κ1) is 15.7. The van der Waals surface area contributed by atoms with Crippen LogP contribution in [0.2, 0.25) is 0 Å². The second-order valence-electron chi connectivity index (χ2n) is 5.90. The molecule has 0 unspecified atom stereocenters. The molecule has 0 radical (unpaired) electrons. The normalized spacial score (nSPS) is 11.6. The highest BCUT2D eigenvalue weighted by atomic mass is 31.2. The first-order valence-electron chi connectivity index (χ1n) is 8.15. The minimum Gasteiger partial charge on any atom is -0.307 e. The number of fused-ring (bicyclic) bond motifs is 1. The zero-order valence-electron chi connectivity index (χ0n) is 13.8. The number of nitrogens with zero attached hydrogens (tertiary/aromatic N) is 2. The molecule has 1 aromatic heterocycles. The van der Waals surface area contributed by atoms with E-state index in [1.54, 1.807) is 0 Å². The van der Waals surface area contributed by atoms with E-state index in [1.807, 2.05) is 91.9 Å². The Balaban J connectivity index is 2.06. The molecule has 25 heavy (non-hydrogen) atoms. The van der Waals surface area contributed by atoms with Gasteiger partial charge in [-0.3, -0.25) is 0 Å². The predicted molar refractivity (Wildman–Crippen MR) is 104 cm³/mol. The van der Waals surface area contributed by atoms with Crippen molar-refractivity contribution in [1.82, 2.24) is 9.97 Å². The van der Waals surface area contributed by atoms with E-state index < -0.39 is 7.14 Å². The summed E-state index contributed by atoms with van der Waals surface area (Å²) in [7, 11) is -3.09. The maximum atomic E-state index is 14.4. The molecule has 4 aromatic rings. The van der Waals surface area contributed by atoms with Gasteiger partial charge in [0, 0.05) is 10.6 Å². The Bertz CT molecular complexity index is 1040. The maximum absolute atomic E-state index is 14.4. The Hall–Kier alpha value is -2.77. The Morgan fingerprint density at radius 1 is 0.640 bits per heavy atom. The van der Waals surface area contributed by atoms with E-state index in [0.29, 0.717) is 11.1 Å². The van der Waals surface area contributed by atoms with E-state index in [2.05, 4.69) is 4.98 Å². The zero-order chi connectivity index (χ0) is 17.3. The third-order valence-corrected chi connectivity index (χ3v) is 7.33. The van der Waals surface area contributed by atoms with Crippen LogP contribution in [0.15, 0.2) is 84.9 Å². The second kappa shape index (κ2) is 6.27. The fourth-order valence-electron chi connectivity index (χ4n) is 3.05. The first-order chi connectivity index (χ1) is 12.2. The molecule has 4 heteroatoms. The molecule has 0 saturated carbocycles. The summed E-state index contributed by atoms with van der Waals surface area (Å²) >= 11 is 0. The lowest BCUT2D eigenvalue weighted by Crippen LogP contribution is -2.29. The van der Waals surface area contributed by atoms with Crippen molar-refractivity contribution >= 4 is 34.2 Å². The zero-order valence-corrected chi connectivity index (χ0v) is 14.7. The molecule has 0 aliphatic heterocycles. The molecule has 0 amide bonds. The van der Waals surface area contributed by atoms with Gasteiger partial charge in [-0.15, -0.1) is 0 Å². The standard InChI is InChI=1S/C21H17N2OP/c1-16-21(23-20-15-9-8-14-19(20)22-16)25(24,17-10-4-2-5-11-17)18-12-6-3-7-13-18/h2-15H,1H3. The van der Waals surface area contributed by atoms with Crippen LogP contribution in [-0.4, -0.2) is 9.97 Å². The maximum Gasteiger partial charge on any atom is 0.190 e. The predicted octanol–water partition coefficient (Wildman–Crippen LogP) is 3.58. The number of aromatic nitrogens is 2. The average molecular weight is 344 g/mol. The fraction of sp³-hybridized carbons (Fsp3) is 0.0476. The summed E-state index contributed by atoms with van der Waals surface area (Å²) in [5.74, 6) is 0. The number of para-hydroxylation sites is 2. The molecule has 0 spiro atoms. The van der Waals surface area contributed by atoms with Crippen molar-refractivity contribution in [2.75, 3.05) is 0 Å². The van der Waals surface area contributed by atoms with Gasteiger partial charge in [-0.25, -0.2) is 9.97 Å². The molecular weight excluding hydrogens is 327 g/mol. The lowest BCUT2D eigenvalue weighted by atomic mass is 10.3. The van der Waals surface area contributed by atoms with Crippen LogP contribution in [0.3, 0.4) is 0 Å². The average Bonchev–Trinajstić information content (AvgIpc) is 2.68. The summed E-state index contributed by atoms with van der Waals surface area (Å²) in [5.41, 5.74) is 2.84. The van der Waals surface area contributed by atoms with Crippen molar-refractivity contribution in [2.45, 2.75) is 6.92 Å². The SMILES string of the molecule is Cc1nc2ccccc2nc1P(=O)(c1ccccc1)c1ccccc1. The van der Waals surface area contributed by atoms with Crippen LogP contribution >= 0.6 is 7.14 Å². The second-order valence-corrected chi connectivity index (χ2v) is 8.58. The van der Waals surface area contributed by atoms with E-state index >= 15 is 0 Å². The van der Waals surface area contributed by atoms with Gasteiger partial charge in [0.25, 0.3) is 0 Å². The van der Waals surface area contributed by atoms with Crippen molar-refractivity contribution in [1.29, 1.82) is 0 Å². The van der Waals surface area contributed by atoms with Gasteiger partial charge in [0.05, 0.1) is 16.7 Å². The molecule has 122 valence electrons. The topological polar surface area (TPSA) is 42.9 Å². The monoisotopic (exact) mass is 344 g/mol. The number of hydrogen-bond donors (Lipinski definition) is 0. The van der Waals surface area contributed by atoms with Gasteiger partial charge < -0.3 is 4.57 Å². The van der Waals surface area contributed by atoms with Crippen LogP contribution in [-0.2, 0) is 4.57 Å². The van der Waals surface area contributed by atoms with E-state index in [9.17, 15) is 4.57 Å². The molecule has 3 aromatic carbocycles.